The summed E-state index contributed by atoms with van der Waals surface area (Å²) < 4.78 is 19.1. The van der Waals surface area contributed by atoms with Crippen molar-refractivity contribution in [3.05, 3.63) is 185 Å². The molecule has 0 unspecified atom stereocenters. The van der Waals surface area contributed by atoms with Crippen molar-refractivity contribution >= 4 is 121 Å². The molecule has 0 aromatic carbocycles. The molecule has 12 aromatic heterocycles. The number of aromatic nitrogens is 12. The first-order chi connectivity index (χ1) is 33.8. The SMILES string of the molecule is Brc1cnc2[nH]ccc2c1.C[C@@H](c1ccccn1)n1ccc2cc(Br)cnc21.Cc1noc(C)c1-c1cnc2[nH]cc(I)c2c1.Cc1noc(C)c1-c1cnc2c(c1)c(I)cn2[C@@H](C)c1ccccn1. The maximum atomic E-state index is 5.30. The lowest BCUT2D eigenvalue weighted by Crippen LogP contribution is -2.07. The van der Waals surface area contributed by atoms with Crippen LogP contribution in [0.2, 0.25) is 0 Å². The average molecular weight is 1280 g/mol. The number of halogens is 4. The zero-order valence-electron chi connectivity index (χ0n) is 38.7. The number of hydrogen-bond donors (Lipinski definition) is 2. The summed E-state index contributed by atoms with van der Waals surface area (Å²) in [5.74, 6) is 1.64. The summed E-state index contributed by atoms with van der Waals surface area (Å²) in [5.41, 5.74) is 11.8. The van der Waals surface area contributed by atoms with E-state index < -0.39 is 0 Å². The molecule has 0 aliphatic rings. The number of aromatic amines is 2. The van der Waals surface area contributed by atoms with Crippen LogP contribution in [0.1, 0.15) is 60.2 Å². The van der Waals surface area contributed by atoms with Gasteiger partial charge in [-0.15, -0.1) is 0 Å². The van der Waals surface area contributed by atoms with Crippen molar-refractivity contribution in [1.29, 1.82) is 0 Å². The molecule has 70 heavy (non-hydrogen) atoms. The van der Waals surface area contributed by atoms with Gasteiger partial charge in [0.2, 0.25) is 0 Å². The zero-order valence-corrected chi connectivity index (χ0v) is 46.1. The molecule has 0 amide bonds. The number of aryl methyl sites for hydroxylation is 4. The van der Waals surface area contributed by atoms with E-state index >= 15 is 0 Å². The number of H-pyrrole nitrogens is 2. The molecule has 0 saturated carbocycles. The van der Waals surface area contributed by atoms with Crippen molar-refractivity contribution in [3.63, 3.8) is 0 Å². The Morgan fingerprint density at radius 1 is 0.571 bits per heavy atom. The second-order valence-electron chi connectivity index (χ2n) is 16.4. The highest BCUT2D eigenvalue weighted by atomic mass is 127. The highest BCUT2D eigenvalue weighted by molar-refractivity contribution is 14.1. The molecule has 0 aliphatic heterocycles. The number of pyridine rings is 6. The van der Waals surface area contributed by atoms with Gasteiger partial charge in [-0.1, -0.05) is 22.4 Å². The lowest BCUT2D eigenvalue weighted by atomic mass is 10.1. The van der Waals surface area contributed by atoms with Crippen LogP contribution < -0.4 is 0 Å². The Bertz CT molecular complexity index is 3690. The predicted octanol–water partition coefficient (Wildman–Crippen LogP) is 14.5. The number of hydrogen-bond acceptors (Lipinski definition) is 10. The van der Waals surface area contributed by atoms with Crippen LogP contribution in [0.15, 0.2) is 153 Å². The van der Waals surface area contributed by atoms with Crippen LogP contribution in [-0.4, -0.2) is 59.3 Å². The minimum absolute atomic E-state index is 0.115. The summed E-state index contributed by atoms with van der Waals surface area (Å²) in [4.78, 5) is 32.8. The van der Waals surface area contributed by atoms with Crippen LogP contribution >= 0.6 is 77.0 Å². The lowest BCUT2D eigenvalue weighted by molar-refractivity contribution is 0.393. The number of nitrogens with one attached hydrogen (secondary N) is 2. The molecule has 18 heteroatoms. The fourth-order valence-electron chi connectivity index (χ4n) is 8.20. The molecule has 0 saturated heterocycles. The van der Waals surface area contributed by atoms with Gasteiger partial charge in [-0.3, -0.25) is 9.97 Å². The monoisotopic (exact) mass is 1280 g/mol. The average Bonchev–Trinajstić information content (AvgIpc) is 4.26. The maximum Gasteiger partial charge on any atom is 0.141 e. The van der Waals surface area contributed by atoms with E-state index in [1.54, 1.807) is 6.20 Å². The molecule has 0 fully saturated rings. The molecule has 0 spiro atoms. The Labute approximate surface area is 446 Å². The normalized spacial score (nSPS) is 12.0. The molecule has 12 heterocycles. The summed E-state index contributed by atoms with van der Waals surface area (Å²) >= 11 is 11.4. The molecular formula is C52H44Br2I2N12O2. The van der Waals surface area contributed by atoms with Crippen molar-refractivity contribution in [2.24, 2.45) is 0 Å². The minimum Gasteiger partial charge on any atom is -0.361 e. The van der Waals surface area contributed by atoms with Crippen LogP contribution in [0.4, 0.5) is 0 Å². The van der Waals surface area contributed by atoms with Gasteiger partial charge >= 0.3 is 0 Å². The summed E-state index contributed by atoms with van der Waals surface area (Å²) in [5, 5.41) is 12.5. The van der Waals surface area contributed by atoms with E-state index in [4.69, 9.17) is 14.0 Å². The van der Waals surface area contributed by atoms with Gasteiger partial charge in [0, 0.05) is 122 Å². The Morgan fingerprint density at radius 2 is 1.14 bits per heavy atom. The number of nitrogens with zero attached hydrogens (tertiary/aromatic N) is 10. The Balaban J connectivity index is 0.000000121. The Morgan fingerprint density at radius 3 is 1.76 bits per heavy atom. The topological polar surface area (TPSA) is 171 Å². The van der Waals surface area contributed by atoms with Crippen molar-refractivity contribution in [1.82, 2.24) is 59.3 Å². The van der Waals surface area contributed by atoms with Crippen LogP contribution in [0, 0.1) is 34.8 Å². The molecular weight excluding hydrogens is 1240 g/mol. The predicted molar refractivity (Wildman–Crippen MR) is 299 cm³/mol. The van der Waals surface area contributed by atoms with Crippen molar-refractivity contribution in [2.45, 2.75) is 53.6 Å². The van der Waals surface area contributed by atoms with Crippen molar-refractivity contribution in [3.8, 4) is 22.3 Å². The van der Waals surface area contributed by atoms with Gasteiger partial charge in [-0.05, 0) is 179 Å². The molecule has 2 atom stereocenters. The van der Waals surface area contributed by atoms with E-state index in [0.717, 1.165) is 113 Å². The Hall–Kier alpha value is -6.10. The molecule has 12 aromatic rings. The smallest absolute Gasteiger partial charge is 0.141 e. The number of fused-ring (bicyclic) bond motifs is 4. The Kier molecular flexibility index (Phi) is 15.0. The first-order valence-electron chi connectivity index (χ1n) is 22.0. The summed E-state index contributed by atoms with van der Waals surface area (Å²) in [6.07, 6.45) is 19.0. The van der Waals surface area contributed by atoms with E-state index in [2.05, 4.69) is 182 Å². The van der Waals surface area contributed by atoms with Gasteiger partial charge in [-0.2, -0.15) is 0 Å². The fourth-order valence-corrected chi connectivity index (χ4v) is 10.2. The standard InChI is InChI=1S/C19H17IN4O.C14H12BrN3.C12H10IN3O.C7H5BrN2/c1-11-18(13(3)25-23-11)14-8-15-16(20)10-24(19(15)22-9-14)12(2)17-6-4-5-7-21-17;1-10(13-4-2-3-6-16-13)18-7-5-11-8-12(15)9-17-14(11)18;1-6-11(7(2)17-16-6)8-3-9-10(13)5-15-12(9)14-4-8;8-6-3-5-1-2-9-7(5)10-4-6/h4-10,12H,1-3H3;2-10H,1H3;3-5H,1-2H3,(H,14,15);1-4H,(H,9,10)/t12-;10-;;/m00../s1. The summed E-state index contributed by atoms with van der Waals surface area (Å²) in [6, 6.07) is 24.7. The van der Waals surface area contributed by atoms with E-state index in [1.165, 1.54) is 3.57 Å². The molecule has 352 valence electrons. The van der Waals surface area contributed by atoms with Gasteiger partial charge in [0.1, 0.15) is 34.1 Å². The second kappa shape index (κ2) is 21.5. The van der Waals surface area contributed by atoms with Gasteiger partial charge in [-0.25, -0.2) is 19.9 Å². The van der Waals surface area contributed by atoms with E-state index in [0.29, 0.717) is 0 Å². The molecule has 14 nitrogen and oxygen atoms in total. The highest BCUT2D eigenvalue weighted by Gasteiger charge is 2.19. The second-order valence-corrected chi connectivity index (χ2v) is 20.5. The highest BCUT2D eigenvalue weighted by Crippen LogP contribution is 2.34. The largest absolute Gasteiger partial charge is 0.361 e. The first-order valence-corrected chi connectivity index (χ1v) is 25.8. The molecule has 12 rings (SSSR count). The van der Waals surface area contributed by atoms with E-state index in [1.807, 2.05) is 120 Å². The first kappa shape index (κ1) is 48.9. The van der Waals surface area contributed by atoms with Gasteiger partial charge in [0.05, 0.1) is 34.9 Å². The van der Waals surface area contributed by atoms with Crippen molar-refractivity contribution < 1.29 is 9.05 Å². The van der Waals surface area contributed by atoms with Gasteiger partial charge in [0.25, 0.3) is 0 Å². The quantitative estimate of drug-likeness (QED) is 0.153. The van der Waals surface area contributed by atoms with Gasteiger partial charge in [0.15, 0.2) is 0 Å². The van der Waals surface area contributed by atoms with Gasteiger partial charge < -0.3 is 28.1 Å². The third kappa shape index (κ3) is 10.5. The molecule has 0 bridgehead atoms. The van der Waals surface area contributed by atoms with Crippen molar-refractivity contribution in [2.75, 3.05) is 0 Å². The fraction of sp³-hybridized carbons (Fsp3) is 0.154. The van der Waals surface area contributed by atoms with Crippen LogP contribution in [0.5, 0.6) is 0 Å². The summed E-state index contributed by atoms with van der Waals surface area (Å²) in [6.45, 7) is 12.0. The summed E-state index contributed by atoms with van der Waals surface area (Å²) in [7, 11) is 0. The number of rotatable bonds is 6. The molecule has 2 N–H and O–H groups in total. The third-order valence-electron chi connectivity index (χ3n) is 11.7. The van der Waals surface area contributed by atoms with E-state index in [9.17, 15) is 0 Å². The maximum absolute atomic E-state index is 5.30. The lowest BCUT2D eigenvalue weighted by Gasteiger charge is -2.14. The van der Waals surface area contributed by atoms with E-state index in [-0.39, 0.29) is 12.1 Å². The minimum atomic E-state index is 0.115. The zero-order chi connectivity index (χ0) is 49.1. The van der Waals surface area contributed by atoms with Crippen LogP contribution in [0.25, 0.3) is 66.4 Å². The third-order valence-corrected chi connectivity index (χ3v) is 14.3. The van der Waals surface area contributed by atoms with Crippen LogP contribution in [0.3, 0.4) is 0 Å². The molecule has 0 aliphatic carbocycles. The molecule has 0 radical (unpaired) electrons. The van der Waals surface area contributed by atoms with Crippen LogP contribution in [-0.2, 0) is 0 Å².